The number of hydrogen-bond donors (Lipinski definition) is 1. The largest absolute Gasteiger partial charge is 0.463 e. The smallest absolute Gasteiger partial charge is 0.318 e. The molecule has 35 heavy (non-hydrogen) atoms. The van der Waals surface area contributed by atoms with E-state index in [1.165, 1.54) is 12.1 Å². The summed E-state index contributed by atoms with van der Waals surface area (Å²) in [6, 6.07) is 6.84. The van der Waals surface area contributed by atoms with Crippen LogP contribution in [0, 0.1) is 17.6 Å². The highest BCUT2D eigenvalue weighted by Gasteiger charge is 2.20. The summed E-state index contributed by atoms with van der Waals surface area (Å²) < 4.78 is 35.5. The van der Waals surface area contributed by atoms with Crippen LogP contribution in [0.4, 0.5) is 14.6 Å². The fourth-order valence-electron chi connectivity index (χ4n) is 4.46. The maximum absolute atomic E-state index is 14.4. The quantitative estimate of drug-likeness (QED) is 0.413. The molecule has 1 aromatic carbocycles. The van der Waals surface area contributed by atoms with Crippen molar-refractivity contribution >= 4 is 11.5 Å². The molecule has 4 heterocycles. The molecule has 0 bridgehead atoms. The molecule has 8 nitrogen and oxygen atoms in total. The van der Waals surface area contributed by atoms with Gasteiger partial charge in [0.05, 0.1) is 30.1 Å². The molecule has 0 saturated carbocycles. The highest BCUT2D eigenvalue weighted by atomic mass is 19.1. The first-order chi connectivity index (χ1) is 17.0. The number of nitrogens with one attached hydrogen (secondary N) is 1. The molecular weight excluding hydrogens is 452 g/mol. The molecule has 1 saturated heterocycles. The molecule has 10 heteroatoms. The van der Waals surface area contributed by atoms with Crippen LogP contribution in [0.2, 0.25) is 0 Å². The molecule has 1 fully saturated rings. The highest BCUT2D eigenvalue weighted by molar-refractivity contribution is 5.75. The number of fused-ring (bicyclic) bond motifs is 1. The van der Waals surface area contributed by atoms with E-state index in [0.29, 0.717) is 35.2 Å². The summed E-state index contributed by atoms with van der Waals surface area (Å²) in [6.45, 7) is 4.34. The summed E-state index contributed by atoms with van der Waals surface area (Å²) in [7, 11) is 2.11. The van der Waals surface area contributed by atoms with Gasteiger partial charge in [0, 0.05) is 44.0 Å². The number of aromatic nitrogens is 5. The topological polar surface area (TPSA) is 80.5 Å². The van der Waals surface area contributed by atoms with Crippen molar-refractivity contribution in [2.45, 2.75) is 25.8 Å². The lowest BCUT2D eigenvalue weighted by Gasteiger charge is -2.29. The van der Waals surface area contributed by atoms with E-state index in [2.05, 4.69) is 37.3 Å². The summed E-state index contributed by atoms with van der Waals surface area (Å²) in [5.41, 5.74) is 2.28. The molecule has 3 aromatic heterocycles. The van der Waals surface area contributed by atoms with Crippen LogP contribution in [0.15, 0.2) is 48.9 Å². The molecule has 1 unspecified atom stereocenters. The third-order valence-electron chi connectivity index (χ3n) is 6.22. The molecular formula is C25H29F2N7O. The van der Waals surface area contributed by atoms with Crippen LogP contribution in [-0.4, -0.2) is 56.2 Å². The predicted octanol–water partition coefficient (Wildman–Crippen LogP) is 4.60. The lowest BCUT2D eigenvalue weighted by atomic mass is 10.00. The van der Waals surface area contributed by atoms with Gasteiger partial charge in [-0.25, -0.2) is 18.3 Å². The van der Waals surface area contributed by atoms with Crippen LogP contribution in [0.25, 0.3) is 16.9 Å². The van der Waals surface area contributed by atoms with Gasteiger partial charge >= 0.3 is 6.01 Å². The maximum Gasteiger partial charge on any atom is 0.318 e. The number of halogens is 2. The zero-order valence-corrected chi connectivity index (χ0v) is 19.7. The van der Waals surface area contributed by atoms with Crippen molar-refractivity contribution in [3.05, 3.63) is 66.1 Å². The van der Waals surface area contributed by atoms with E-state index in [0.717, 1.165) is 37.6 Å². The Morgan fingerprint density at radius 3 is 2.97 bits per heavy atom. The lowest BCUT2D eigenvalue weighted by molar-refractivity contribution is 0.144. The van der Waals surface area contributed by atoms with Gasteiger partial charge in [0.15, 0.2) is 5.65 Å². The Bertz CT molecular complexity index is 1340. The standard InChI is InChI=1S/C25H27F2N7O.H2/c1-16(19-7-6-18(26)11-21(19)27)30-23-12-22(20-13-29-34-10-4-8-28-24(20)34)31-25(32-23)35-15-17-5-3-9-33(2)14-17;/h4,6-8,10-13,16-17H,3,5,9,14-15H2,1-2H3,(H,30,31,32);1H/t16-,17?;/m0./s1. The predicted molar refractivity (Wildman–Crippen MR) is 130 cm³/mol. The van der Waals surface area contributed by atoms with Crippen molar-refractivity contribution < 1.29 is 14.9 Å². The van der Waals surface area contributed by atoms with E-state index < -0.39 is 17.7 Å². The molecule has 0 radical (unpaired) electrons. The zero-order chi connectivity index (χ0) is 24.4. The van der Waals surface area contributed by atoms with Crippen molar-refractivity contribution in [1.29, 1.82) is 0 Å². The first-order valence-corrected chi connectivity index (χ1v) is 11.7. The van der Waals surface area contributed by atoms with Gasteiger partial charge in [-0.15, -0.1) is 0 Å². The molecule has 2 atom stereocenters. The van der Waals surface area contributed by atoms with Crippen molar-refractivity contribution in [2.75, 3.05) is 32.1 Å². The van der Waals surface area contributed by atoms with E-state index in [-0.39, 0.29) is 7.44 Å². The fraction of sp³-hybridized carbons (Fsp3) is 0.360. The molecule has 5 rings (SSSR count). The minimum Gasteiger partial charge on any atom is -0.463 e. The second-order valence-electron chi connectivity index (χ2n) is 8.98. The molecule has 0 amide bonds. The number of nitrogens with zero attached hydrogens (tertiary/aromatic N) is 6. The van der Waals surface area contributed by atoms with Gasteiger partial charge in [-0.2, -0.15) is 15.1 Å². The molecule has 1 aliphatic rings. The minimum atomic E-state index is -0.621. The van der Waals surface area contributed by atoms with E-state index in [4.69, 9.17) is 4.74 Å². The van der Waals surface area contributed by atoms with Crippen LogP contribution in [0.1, 0.15) is 32.8 Å². The molecule has 1 aliphatic heterocycles. The number of ether oxygens (including phenoxy) is 1. The van der Waals surface area contributed by atoms with Gasteiger partial charge in [-0.05, 0) is 45.5 Å². The van der Waals surface area contributed by atoms with Crippen LogP contribution in [0.3, 0.4) is 0 Å². The highest BCUT2D eigenvalue weighted by Crippen LogP contribution is 2.28. The SMILES string of the molecule is C[C@H](Nc1cc(-c2cnn3cccnc23)nc(OCC2CCCN(C)C2)n1)c1ccc(F)cc1F.[HH]. The van der Waals surface area contributed by atoms with Gasteiger partial charge in [0.2, 0.25) is 0 Å². The van der Waals surface area contributed by atoms with Crippen molar-refractivity contribution in [3.8, 4) is 17.3 Å². The van der Waals surface area contributed by atoms with Gasteiger partial charge < -0.3 is 15.0 Å². The summed E-state index contributed by atoms with van der Waals surface area (Å²) in [4.78, 5) is 15.9. The fourth-order valence-corrected chi connectivity index (χ4v) is 4.46. The Kier molecular flexibility index (Phi) is 6.54. The summed E-state index contributed by atoms with van der Waals surface area (Å²) >= 11 is 0. The number of rotatable bonds is 7. The normalized spacial score (nSPS) is 17.4. The average molecular weight is 482 g/mol. The molecule has 184 valence electrons. The second-order valence-corrected chi connectivity index (χ2v) is 8.98. The van der Waals surface area contributed by atoms with Crippen molar-refractivity contribution in [2.24, 2.45) is 5.92 Å². The third-order valence-corrected chi connectivity index (χ3v) is 6.22. The molecule has 0 aliphatic carbocycles. The summed E-state index contributed by atoms with van der Waals surface area (Å²) in [5, 5.41) is 7.56. The van der Waals surface area contributed by atoms with Gasteiger partial charge in [0.25, 0.3) is 0 Å². The first kappa shape index (κ1) is 23.1. The molecule has 1 N–H and O–H groups in total. The average Bonchev–Trinajstić information content (AvgIpc) is 3.27. The van der Waals surface area contributed by atoms with E-state index in [1.807, 2.05) is 6.20 Å². The molecule has 0 spiro atoms. The monoisotopic (exact) mass is 481 g/mol. The number of likely N-dealkylation sites (tertiary alicyclic amines) is 1. The van der Waals surface area contributed by atoms with Gasteiger partial charge in [0.1, 0.15) is 17.5 Å². The van der Waals surface area contributed by atoms with Crippen molar-refractivity contribution in [1.82, 2.24) is 29.5 Å². The minimum absolute atomic E-state index is 0. The number of hydrogen-bond acceptors (Lipinski definition) is 7. The van der Waals surface area contributed by atoms with E-state index in [1.54, 1.807) is 36.0 Å². The van der Waals surface area contributed by atoms with Crippen molar-refractivity contribution in [3.63, 3.8) is 0 Å². The summed E-state index contributed by atoms with van der Waals surface area (Å²) in [5.74, 6) is -0.392. The number of benzene rings is 1. The van der Waals surface area contributed by atoms with Crippen LogP contribution < -0.4 is 10.1 Å². The third kappa shape index (κ3) is 5.22. The Morgan fingerprint density at radius 2 is 2.14 bits per heavy atom. The van der Waals surface area contributed by atoms with E-state index in [9.17, 15) is 8.78 Å². The summed E-state index contributed by atoms with van der Waals surface area (Å²) in [6.07, 6.45) is 7.41. The Balaban J connectivity index is 0.00000304. The first-order valence-electron chi connectivity index (χ1n) is 11.7. The van der Waals surface area contributed by atoms with Crippen LogP contribution >= 0.6 is 0 Å². The lowest BCUT2D eigenvalue weighted by Crippen LogP contribution is -2.34. The Hall–Kier alpha value is -3.66. The zero-order valence-electron chi connectivity index (χ0n) is 19.7. The number of anilines is 1. The Morgan fingerprint density at radius 1 is 1.26 bits per heavy atom. The van der Waals surface area contributed by atoms with Crippen LogP contribution in [0.5, 0.6) is 6.01 Å². The number of piperidine rings is 1. The van der Waals surface area contributed by atoms with Crippen LogP contribution in [-0.2, 0) is 0 Å². The van der Waals surface area contributed by atoms with Gasteiger partial charge in [-0.1, -0.05) is 6.07 Å². The van der Waals surface area contributed by atoms with E-state index >= 15 is 0 Å². The Labute approximate surface area is 203 Å². The second kappa shape index (κ2) is 9.91. The maximum atomic E-state index is 14.4. The molecule has 4 aromatic rings. The van der Waals surface area contributed by atoms with Gasteiger partial charge in [-0.3, -0.25) is 0 Å².